The zero-order valence-corrected chi connectivity index (χ0v) is 15.8. The SMILES string of the molecule is COc1ccc([C@@H]2O[C@H](c3ccc4c(c3)OCO4)[C@H](CO)[C@@H]2CO)cc1OC. The van der Waals surface area contributed by atoms with Gasteiger partial charge in [0.25, 0.3) is 0 Å². The Bertz CT molecular complexity index is 837. The van der Waals surface area contributed by atoms with Crippen molar-refractivity contribution in [3.8, 4) is 23.0 Å². The molecule has 28 heavy (non-hydrogen) atoms. The number of hydrogen-bond donors (Lipinski definition) is 2. The lowest BCUT2D eigenvalue weighted by Crippen LogP contribution is -2.23. The molecule has 2 aliphatic heterocycles. The lowest BCUT2D eigenvalue weighted by Gasteiger charge is -2.21. The molecule has 4 rings (SSSR count). The van der Waals surface area contributed by atoms with Crippen molar-refractivity contribution in [3.63, 3.8) is 0 Å². The Balaban J connectivity index is 1.68. The summed E-state index contributed by atoms with van der Waals surface area (Å²) in [5.74, 6) is 2.04. The van der Waals surface area contributed by atoms with Crippen LogP contribution in [-0.4, -0.2) is 44.4 Å². The Morgan fingerprint density at radius 1 is 0.821 bits per heavy atom. The highest BCUT2D eigenvalue weighted by Crippen LogP contribution is 2.51. The minimum Gasteiger partial charge on any atom is -0.493 e. The second-order valence-electron chi connectivity index (χ2n) is 6.90. The molecule has 2 aliphatic rings. The molecule has 7 nitrogen and oxygen atoms in total. The molecule has 0 amide bonds. The smallest absolute Gasteiger partial charge is 0.231 e. The van der Waals surface area contributed by atoms with E-state index in [4.69, 9.17) is 23.7 Å². The first kappa shape index (κ1) is 18.9. The summed E-state index contributed by atoms with van der Waals surface area (Å²) in [5, 5.41) is 20.1. The van der Waals surface area contributed by atoms with Crippen molar-refractivity contribution in [2.75, 3.05) is 34.2 Å². The molecule has 2 heterocycles. The number of fused-ring (bicyclic) bond motifs is 1. The van der Waals surface area contributed by atoms with Crippen LogP contribution in [0.3, 0.4) is 0 Å². The van der Waals surface area contributed by atoms with Gasteiger partial charge in [-0.05, 0) is 35.4 Å². The maximum absolute atomic E-state index is 10.1. The molecule has 0 bridgehead atoms. The first-order valence-electron chi connectivity index (χ1n) is 9.18. The second kappa shape index (κ2) is 7.87. The van der Waals surface area contributed by atoms with Crippen LogP contribution >= 0.6 is 0 Å². The van der Waals surface area contributed by atoms with Crippen LogP contribution in [0.25, 0.3) is 0 Å². The third kappa shape index (κ3) is 3.15. The number of aliphatic hydroxyl groups excluding tert-OH is 2. The van der Waals surface area contributed by atoms with Gasteiger partial charge in [-0.25, -0.2) is 0 Å². The van der Waals surface area contributed by atoms with E-state index in [1.807, 2.05) is 36.4 Å². The fourth-order valence-electron chi connectivity index (χ4n) is 4.04. The van der Waals surface area contributed by atoms with Gasteiger partial charge in [0, 0.05) is 25.0 Å². The molecule has 0 saturated carbocycles. The predicted molar refractivity (Wildman–Crippen MR) is 99.8 cm³/mol. The summed E-state index contributed by atoms with van der Waals surface area (Å²) in [4.78, 5) is 0. The van der Waals surface area contributed by atoms with Gasteiger partial charge in [-0.15, -0.1) is 0 Å². The maximum Gasteiger partial charge on any atom is 0.231 e. The van der Waals surface area contributed by atoms with Gasteiger partial charge < -0.3 is 33.9 Å². The average molecular weight is 388 g/mol. The summed E-state index contributed by atoms with van der Waals surface area (Å²) in [7, 11) is 3.16. The number of benzene rings is 2. The molecule has 0 aromatic heterocycles. The Morgan fingerprint density at radius 3 is 2.07 bits per heavy atom. The van der Waals surface area contributed by atoms with Gasteiger partial charge in [0.15, 0.2) is 23.0 Å². The number of hydrogen-bond acceptors (Lipinski definition) is 7. The lowest BCUT2D eigenvalue weighted by molar-refractivity contribution is 0.0183. The zero-order chi connectivity index (χ0) is 19.7. The standard InChI is InChI=1S/C21H24O7/c1-24-16-5-3-12(7-18(16)25-2)20-14(9-22)15(10-23)21(28-20)13-4-6-17-19(8-13)27-11-26-17/h3-8,14-15,20-23H,9-11H2,1-2H3/t14-,15+,20-,21+/m0/s1. The van der Waals surface area contributed by atoms with Crippen LogP contribution in [0.1, 0.15) is 23.3 Å². The topological polar surface area (TPSA) is 86.6 Å². The minimum absolute atomic E-state index is 0.103. The van der Waals surface area contributed by atoms with E-state index in [0.717, 1.165) is 11.1 Å². The van der Waals surface area contributed by atoms with Gasteiger partial charge in [0.05, 0.1) is 26.4 Å². The molecule has 1 fully saturated rings. The van der Waals surface area contributed by atoms with Gasteiger partial charge in [-0.2, -0.15) is 0 Å². The number of rotatable bonds is 6. The van der Waals surface area contributed by atoms with E-state index < -0.39 is 6.10 Å². The van der Waals surface area contributed by atoms with Crippen molar-refractivity contribution in [2.45, 2.75) is 12.2 Å². The third-order valence-corrected chi connectivity index (χ3v) is 5.50. The van der Waals surface area contributed by atoms with E-state index >= 15 is 0 Å². The van der Waals surface area contributed by atoms with Crippen LogP contribution < -0.4 is 18.9 Å². The third-order valence-electron chi connectivity index (χ3n) is 5.50. The molecule has 2 aromatic rings. The molecule has 7 heteroatoms. The van der Waals surface area contributed by atoms with Crippen molar-refractivity contribution in [3.05, 3.63) is 47.5 Å². The van der Waals surface area contributed by atoms with Gasteiger partial charge in [-0.1, -0.05) is 12.1 Å². The molecule has 4 atom stereocenters. The first-order valence-corrected chi connectivity index (χ1v) is 9.18. The number of aliphatic hydroxyl groups is 2. The largest absolute Gasteiger partial charge is 0.493 e. The van der Waals surface area contributed by atoms with Crippen LogP contribution in [0.5, 0.6) is 23.0 Å². The van der Waals surface area contributed by atoms with Crippen LogP contribution in [0, 0.1) is 11.8 Å². The summed E-state index contributed by atoms with van der Waals surface area (Å²) in [5.41, 5.74) is 1.74. The highest BCUT2D eigenvalue weighted by molar-refractivity contribution is 5.46. The fourth-order valence-corrected chi connectivity index (χ4v) is 4.04. The van der Waals surface area contributed by atoms with Gasteiger partial charge in [0.2, 0.25) is 6.79 Å². The van der Waals surface area contributed by atoms with Crippen molar-refractivity contribution in [2.24, 2.45) is 11.8 Å². The number of methoxy groups -OCH3 is 2. The van der Waals surface area contributed by atoms with Gasteiger partial charge in [0.1, 0.15) is 0 Å². The van der Waals surface area contributed by atoms with E-state index in [0.29, 0.717) is 23.0 Å². The summed E-state index contributed by atoms with van der Waals surface area (Å²) < 4.78 is 27.9. The quantitative estimate of drug-likeness (QED) is 0.786. The molecule has 0 radical (unpaired) electrons. The maximum atomic E-state index is 10.1. The second-order valence-corrected chi connectivity index (χ2v) is 6.90. The van der Waals surface area contributed by atoms with Crippen LogP contribution in [0.2, 0.25) is 0 Å². The monoisotopic (exact) mass is 388 g/mol. The lowest BCUT2D eigenvalue weighted by atomic mass is 9.83. The van der Waals surface area contributed by atoms with Crippen LogP contribution in [0.15, 0.2) is 36.4 Å². The van der Waals surface area contributed by atoms with E-state index in [-0.39, 0.29) is 37.9 Å². The normalized spacial score (nSPS) is 25.7. The Morgan fingerprint density at radius 2 is 1.43 bits per heavy atom. The predicted octanol–water partition coefficient (Wildman–Crippen LogP) is 2.46. The summed E-state index contributed by atoms with van der Waals surface area (Å²) in [6.07, 6.45) is -0.771. The van der Waals surface area contributed by atoms with E-state index in [2.05, 4.69) is 0 Å². The molecule has 150 valence electrons. The van der Waals surface area contributed by atoms with Crippen molar-refractivity contribution in [1.29, 1.82) is 0 Å². The fraction of sp³-hybridized carbons (Fsp3) is 0.429. The Hall–Kier alpha value is -2.48. The summed E-state index contributed by atoms with van der Waals surface area (Å²) >= 11 is 0. The molecule has 0 unspecified atom stereocenters. The molecule has 2 N–H and O–H groups in total. The summed E-state index contributed by atoms with van der Waals surface area (Å²) in [6, 6.07) is 11.2. The Kier molecular flexibility index (Phi) is 5.30. The van der Waals surface area contributed by atoms with Crippen molar-refractivity contribution >= 4 is 0 Å². The van der Waals surface area contributed by atoms with Crippen LogP contribution in [0.4, 0.5) is 0 Å². The number of ether oxygens (including phenoxy) is 5. The van der Waals surface area contributed by atoms with E-state index in [9.17, 15) is 10.2 Å². The molecular formula is C21H24O7. The van der Waals surface area contributed by atoms with Crippen LogP contribution in [-0.2, 0) is 4.74 Å². The highest BCUT2D eigenvalue weighted by Gasteiger charge is 2.45. The average Bonchev–Trinajstić information content (AvgIpc) is 3.36. The van der Waals surface area contributed by atoms with Crippen molar-refractivity contribution < 1.29 is 33.9 Å². The first-order chi connectivity index (χ1) is 13.7. The molecule has 0 aliphatic carbocycles. The van der Waals surface area contributed by atoms with Crippen molar-refractivity contribution in [1.82, 2.24) is 0 Å². The van der Waals surface area contributed by atoms with Gasteiger partial charge in [-0.3, -0.25) is 0 Å². The molecular weight excluding hydrogens is 364 g/mol. The Labute approximate surface area is 163 Å². The molecule has 0 spiro atoms. The molecule has 1 saturated heterocycles. The van der Waals surface area contributed by atoms with E-state index in [1.165, 1.54) is 0 Å². The summed E-state index contributed by atoms with van der Waals surface area (Å²) in [6.45, 7) is -0.0132. The van der Waals surface area contributed by atoms with E-state index in [1.54, 1.807) is 14.2 Å². The highest BCUT2D eigenvalue weighted by atomic mass is 16.7. The van der Waals surface area contributed by atoms with Gasteiger partial charge >= 0.3 is 0 Å². The molecule has 2 aromatic carbocycles. The minimum atomic E-state index is -0.391. The zero-order valence-electron chi connectivity index (χ0n) is 15.8.